The Bertz CT molecular complexity index is 250. The summed E-state index contributed by atoms with van der Waals surface area (Å²) in [7, 11) is 0. The van der Waals surface area contributed by atoms with Crippen LogP contribution in [-0.4, -0.2) is 0 Å². The van der Waals surface area contributed by atoms with Gasteiger partial charge in [-0.1, -0.05) is 49.6 Å². The molecule has 1 heteroatoms. The van der Waals surface area contributed by atoms with Crippen LogP contribution >= 0.6 is 0 Å². The van der Waals surface area contributed by atoms with Crippen molar-refractivity contribution < 1.29 is 0 Å². The summed E-state index contributed by atoms with van der Waals surface area (Å²) in [5, 5.41) is 0. The summed E-state index contributed by atoms with van der Waals surface area (Å²) < 4.78 is 0. The van der Waals surface area contributed by atoms with Crippen LogP contribution in [0.1, 0.15) is 13.3 Å². The van der Waals surface area contributed by atoms with Crippen molar-refractivity contribution in [1.29, 1.82) is 0 Å². The SMILES string of the molecule is C=C/C=C\C=C(\C=C)C/C=C(/C)N. The van der Waals surface area contributed by atoms with Crippen molar-refractivity contribution in [2.45, 2.75) is 13.3 Å². The van der Waals surface area contributed by atoms with Crippen molar-refractivity contribution in [3.05, 3.63) is 60.9 Å². The molecule has 0 fully saturated rings. The molecule has 0 aromatic heterocycles. The molecule has 0 radical (unpaired) electrons. The highest BCUT2D eigenvalue weighted by Crippen LogP contribution is 2.04. The topological polar surface area (TPSA) is 26.0 Å². The van der Waals surface area contributed by atoms with Gasteiger partial charge < -0.3 is 5.73 Å². The summed E-state index contributed by atoms with van der Waals surface area (Å²) in [6, 6.07) is 0. The highest BCUT2D eigenvalue weighted by Gasteiger charge is 1.86. The molecule has 0 spiro atoms. The van der Waals surface area contributed by atoms with E-state index in [9.17, 15) is 0 Å². The second-order valence-corrected chi connectivity index (χ2v) is 2.72. The Kier molecular flexibility index (Phi) is 6.34. The molecule has 0 saturated heterocycles. The lowest BCUT2D eigenvalue weighted by Gasteiger charge is -1.95. The van der Waals surface area contributed by atoms with Gasteiger partial charge in [-0.05, 0) is 18.9 Å². The Labute approximate surface area is 80.6 Å². The van der Waals surface area contributed by atoms with Gasteiger partial charge in [0, 0.05) is 5.70 Å². The summed E-state index contributed by atoms with van der Waals surface area (Å²) in [5.74, 6) is 0. The van der Waals surface area contributed by atoms with Crippen LogP contribution in [0.4, 0.5) is 0 Å². The van der Waals surface area contributed by atoms with Crippen LogP contribution < -0.4 is 5.73 Å². The van der Waals surface area contributed by atoms with Crippen LogP contribution in [0.2, 0.25) is 0 Å². The molecular formula is C12H17N. The van der Waals surface area contributed by atoms with Gasteiger partial charge in [0.05, 0.1) is 0 Å². The highest BCUT2D eigenvalue weighted by molar-refractivity contribution is 5.26. The molecule has 0 amide bonds. The molecule has 0 rings (SSSR count). The first-order valence-electron chi connectivity index (χ1n) is 4.23. The van der Waals surface area contributed by atoms with Crippen molar-refractivity contribution in [2.75, 3.05) is 0 Å². The molecule has 1 nitrogen and oxygen atoms in total. The molecule has 0 heterocycles. The van der Waals surface area contributed by atoms with E-state index in [1.165, 1.54) is 0 Å². The number of hydrogen-bond donors (Lipinski definition) is 1. The number of rotatable bonds is 5. The molecular weight excluding hydrogens is 158 g/mol. The summed E-state index contributed by atoms with van der Waals surface area (Å²) in [6.45, 7) is 9.18. The molecule has 0 saturated carbocycles. The zero-order chi connectivity index (χ0) is 10.1. The van der Waals surface area contributed by atoms with E-state index in [1.807, 2.05) is 37.3 Å². The Hall–Kier alpha value is -1.50. The zero-order valence-electron chi connectivity index (χ0n) is 8.16. The molecule has 0 aliphatic heterocycles. The smallest absolute Gasteiger partial charge is 0.00117 e. The average molecular weight is 175 g/mol. The van der Waals surface area contributed by atoms with Crippen LogP contribution in [0.3, 0.4) is 0 Å². The van der Waals surface area contributed by atoms with Gasteiger partial charge in [-0.3, -0.25) is 0 Å². The van der Waals surface area contributed by atoms with Crippen molar-refractivity contribution >= 4 is 0 Å². The van der Waals surface area contributed by atoms with Crippen molar-refractivity contribution in [3.8, 4) is 0 Å². The van der Waals surface area contributed by atoms with E-state index >= 15 is 0 Å². The van der Waals surface area contributed by atoms with E-state index in [0.717, 1.165) is 17.7 Å². The maximum Gasteiger partial charge on any atom is 0.00117 e. The normalized spacial score (nSPS) is 13.3. The van der Waals surface area contributed by atoms with Gasteiger partial charge in [-0.25, -0.2) is 0 Å². The van der Waals surface area contributed by atoms with Gasteiger partial charge in [0.15, 0.2) is 0 Å². The number of hydrogen-bond acceptors (Lipinski definition) is 1. The first-order valence-corrected chi connectivity index (χ1v) is 4.23. The minimum atomic E-state index is 0.827. The molecule has 0 unspecified atom stereocenters. The predicted molar refractivity (Wildman–Crippen MR) is 60.2 cm³/mol. The third-order valence-electron chi connectivity index (χ3n) is 1.48. The van der Waals surface area contributed by atoms with Crippen LogP contribution in [0, 0.1) is 0 Å². The van der Waals surface area contributed by atoms with Gasteiger partial charge in [0.2, 0.25) is 0 Å². The number of allylic oxidation sites excluding steroid dienone is 8. The van der Waals surface area contributed by atoms with Gasteiger partial charge in [0.25, 0.3) is 0 Å². The predicted octanol–water partition coefficient (Wildman–Crippen LogP) is 3.09. The minimum Gasteiger partial charge on any atom is -0.403 e. The minimum absolute atomic E-state index is 0.827. The van der Waals surface area contributed by atoms with E-state index in [0.29, 0.717) is 0 Å². The first kappa shape index (κ1) is 11.5. The molecule has 70 valence electrons. The van der Waals surface area contributed by atoms with Crippen molar-refractivity contribution in [3.63, 3.8) is 0 Å². The fourth-order valence-electron chi connectivity index (χ4n) is 0.756. The molecule has 0 bridgehead atoms. The molecule has 0 aromatic rings. The Morgan fingerprint density at radius 1 is 1.31 bits per heavy atom. The molecule has 0 aromatic carbocycles. The lowest BCUT2D eigenvalue weighted by atomic mass is 10.1. The second kappa shape index (κ2) is 7.17. The lowest BCUT2D eigenvalue weighted by Crippen LogP contribution is -1.89. The monoisotopic (exact) mass is 175 g/mol. The van der Waals surface area contributed by atoms with E-state index < -0.39 is 0 Å². The Morgan fingerprint density at radius 2 is 2.00 bits per heavy atom. The van der Waals surface area contributed by atoms with E-state index in [2.05, 4.69) is 13.2 Å². The molecule has 0 aliphatic carbocycles. The van der Waals surface area contributed by atoms with E-state index in [-0.39, 0.29) is 0 Å². The highest BCUT2D eigenvalue weighted by atomic mass is 14.5. The van der Waals surface area contributed by atoms with Gasteiger partial charge in [-0.15, -0.1) is 0 Å². The van der Waals surface area contributed by atoms with Crippen LogP contribution in [0.15, 0.2) is 60.9 Å². The van der Waals surface area contributed by atoms with Crippen molar-refractivity contribution in [2.24, 2.45) is 5.73 Å². The molecule has 0 aliphatic rings. The van der Waals surface area contributed by atoms with Gasteiger partial charge in [0.1, 0.15) is 0 Å². The third-order valence-corrected chi connectivity index (χ3v) is 1.48. The summed E-state index contributed by atoms with van der Waals surface area (Å²) in [4.78, 5) is 0. The van der Waals surface area contributed by atoms with Gasteiger partial charge in [-0.2, -0.15) is 0 Å². The van der Waals surface area contributed by atoms with Gasteiger partial charge >= 0.3 is 0 Å². The van der Waals surface area contributed by atoms with E-state index in [4.69, 9.17) is 5.73 Å². The Morgan fingerprint density at radius 3 is 2.46 bits per heavy atom. The average Bonchev–Trinajstić information content (AvgIpc) is 2.10. The maximum absolute atomic E-state index is 5.52. The zero-order valence-corrected chi connectivity index (χ0v) is 8.16. The van der Waals surface area contributed by atoms with E-state index in [1.54, 1.807) is 6.08 Å². The Balaban J connectivity index is 4.25. The van der Waals surface area contributed by atoms with Crippen LogP contribution in [0.5, 0.6) is 0 Å². The van der Waals surface area contributed by atoms with Crippen LogP contribution in [-0.2, 0) is 0 Å². The number of nitrogens with two attached hydrogens (primary N) is 1. The standard InChI is InChI=1S/C12H17N/c1-4-6-7-8-12(5-2)10-9-11(3)13/h4-9H,1-2,10,13H2,3H3/b7-6-,11-9-,12-8-. The quantitative estimate of drug-likeness (QED) is 0.638. The fraction of sp³-hybridized carbons (Fsp3) is 0.167. The molecule has 2 N–H and O–H groups in total. The summed E-state index contributed by atoms with van der Waals surface area (Å²) in [5.41, 5.74) is 7.49. The maximum atomic E-state index is 5.52. The fourth-order valence-corrected chi connectivity index (χ4v) is 0.756. The lowest BCUT2D eigenvalue weighted by molar-refractivity contribution is 1.20. The summed E-state index contributed by atoms with van der Waals surface area (Å²) >= 11 is 0. The van der Waals surface area contributed by atoms with Crippen molar-refractivity contribution in [1.82, 2.24) is 0 Å². The largest absolute Gasteiger partial charge is 0.403 e. The third kappa shape index (κ3) is 6.88. The summed E-state index contributed by atoms with van der Waals surface area (Å²) in [6.07, 6.45) is 12.2. The molecule has 0 atom stereocenters. The first-order chi connectivity index (χ1) is 6.20. The molecule has 13 heavy (non-hydrogen) atoms. The van der Waals surface area contributed by atoms with Crippen LogP contribution in [0.25, 0.3) is 0 Å². The second-order valence-electron chi connectivity index (χ2n) is 2.72.